The molecule has 2 heterocycles. The first-order chi connectivity index (χ1) is 12.1. The van der Waals surface area contributed by atoms with Crippen LogP contribution in [0.4, 0.5) is 14.5 Å². The van der Waals surface area contributed by atoms with Crippen molar-refractivity contribution in [3.8, 4) is 5.75 Å². The third-order valence-electron chi connectivity index (χ3n) is 4.43. The highest BCUT2D eigenvalue weighted by molar-refractivity contribution is 5.85. The van der Waals surface area contributed by atoms with Gasteiger partial charge in [0.05, 0.1) is 12.1 Å². The fraction of sp³-hybridized carbons (Fsp3) is 0.211. The van der Waals surface area contributed by atoms with E-state index < -0.39 is 17.3 Å². The van der Waals surface area contributed by atoms with Crippen molar-refractivity contribution in [2.24, 2.45) is 0 Å². The van der Waals surface area contributed by atoms with Crippen molar-refractivity contribution < 1.29 is 17.9 Å². The van der Waals surface area contributed by atoms with Crippen LogP contribution in [0.15, 0.2) is 45.6 Å². The van der Waals surface area contributed by atoms with E-state index in [0.717, 1.165) is 28.6 Å². The van der Waals surface area contributed by atoms with Gasteiger partial charge >= 0.3 is 5.63 Å². The zero-order valence-electron chi connectivity index (χ0n) is 13.5. The smallest absolute Gasteiger partial charge is 0.336 e. The fourth-order valence-electron chi connectivity index (χ4n) is 3.14. The van der Waals surface area contributed by atoms with E-state index in [1.165, 1.54) is 12.1 Å². The molecule has 25 heavy (non-hydrogen) atoms. The number of rotatable bonds is 2. The van der Waals surface area contributed by atoms with Crippen molar-refractivity contribution in [1.29, 1.82) is 0 Å². The molecule has 2 aromatic carbocycles. The Hall–Kier alpha value is -2.89. The predicted octanol–water partition coefficient (Wildman–Crippen LogP) is 3.99. The van der Waals surface area contributed by atoms with E-state index in [-0.39, 0.29) is 6.73 Å². The molecule has 1 aromatic heterocycles. The Morgan fingerprint density at radius 1 is 1.12 bits per heavy atom. The summed E-state index contributed by atoms with van der Waals surface area (Å²) in [4.78, 5) is 13.6. The van der Waals surface area contributed by atoms with Gasteiger partial charge in [0.25, 0.3) is 0 Å². The topological polar surface area (TPSA) is 42.7 Å². The van der Waals surface area contributed by atoms with Crippen molar-refractivity contribution >= 4 is 16.7 Å². The van der Waals surface area contributed by atoms with Gasteiger partial charge in [-0.2, -0.15) is 0 Å². The summed E-state index contributed by atoms with van der Waals surface area (Å²) in [5.41, 5.74) is 2.19. The van der Waals surface area contributed by atoms with Gasteiger partial charge in [-0.15, -0.1) is 0 Å². The third kappa shape index (κ3) is 2.63. The molecule has 1 aliphatic rings. The molecule has 0 spiro atoms. The molecule has 4 rings (SSSR count). The second-order valence-corrected chi connectivity index (χ2v) is 5.93. The molecule has 1 aliphatic heterocycles. The fourth-order valence-corrected chi connectivity index (χ4v) is 3.14. The molecule has 0 fully saturated rings. The summed E-state index contributed by atoms with van der Waals surface area (Å²) < 4.78 is 37.9. The molecule has 0 saturated heterocycles. The minimum absolute atomic E-state index is 0.196. The summed E-state index contributed by atoms with van der Waals surface area (Å²) in [6.07, 6.45) is 0.703. The molecular formula is C19H15F2NO3. The number of fused-ring (bicyclic) bond motifs is 3. The van der Waals surface area contributed by atoms with Gasteiger partial charge in [-0.1, -0.05) is 6.92 Å². The summed E-state index contributed by atoms with van der Waals surface area (Å²) in [5, 5.41) is 0.858. The van der Waals surface area contributed by atoms with Gasteiger partial charge in [-0.25, -0.2) is 13.6 Å². The van der Waals surface area contributed by atoms with Gasteiger partial charge in [0.2, 0.25) is 0 Å². The molecule has 0 bridgehead atoms. The standard InChI is InChI=1S/C19H15F2NO3/c1-2-11-7-18(23)25-19-13(11)4-6-17-14(19)9-22(10-24-17)12-3-5-15(20)16(21)8-12/h3-8H,2,9-10H2,1H3. The van der Waals surface area contributed by atoms with Crippen molar-refractivity contribution in [2.75, 3.05) is 11.6 Å². The average molecular weight is 343 g/mol. The lowest BCUT2D eigenvalue weighted by atomic mass is 10.0. The van der Waals surface area contributed by atoms with Crippen LogP contribution >= 0.6 is 0 Å². The lowest BCUT2D eigenvalue weighted by Gasteiger charge is -2.31. The van der Waals surface area contributed by atoms with E-state index in [4.69, 9.17) is 9.15 Å². The van der Waals surface area contributed by atoms with Crippen LogP contribution < -0.4 is 15.3 Å². The minimum atomic E-state index is -0.916. The van der Waals surface area contributed by atoms with Crippen LogP contribution in [0.25, 0.3) is 11.0 Å². The molecule has 128 valence electrons. The number of anilines is 1. The Labute approximate surface area is 142 Å². The lowest BCUT2D eigenvalue weighted by molar-refractivity contribution is 0.289. The first-order valence-electron chi connectivity index (χ1n) is 7.98. The van der Waals surface area contributed by atoms with Crippen molar-refractivity contribution in [1.82, 2.24) is 0 Å². The minimum Gasteiger partial charge on any atom is -0.473 e. The van der Waals surface area contributed by atoms with E-state index in [1.807, 2.05) is 19.1 Å². The van der Waals surface area contributed by atoms with Gasteiger partial charge in [0, 0.05) is 23.2 Å². The highest BCUT2D eigenvalue weighted by atomic mass is 19.2. The molecular weight excluding hydrogens is 328 g/mol. The second kappa shape index (κ2) is 5.88. The second-order valence-electron chi connectivity index (χ2n) is 5.93. The van der Waals surface area contributed by atoms with Gasteiger partial charge in [0.15, 0.2) is 18.4 Å². The number of hydrogen-bond acceptors (Lipinski definition) is 4. The maximum Gasteiger partial charge on any atom is 0.336 e. The molecule has 0 aliphatic carbocycles. The molecule has 0 saturated carbocycles. The maximum atomic E-state index is 13.5. The third-order valence-corrected chi connectivity index (χ3v) is 4.43. The first-order valence-corrected chi connectivity index (χ1v) is 7.98. The molecule has 4 nitrogen and oxygen atoms in total. The van der Waals surface area contributed by atoms with Crippen LogP contribution in [0.3, 0.4) is 0 Å². The number of halogens is 2. The quantitative estimate of drug-likeness (QED) is 0.660. The van der Waals surface area contributed by atoms with Gasteiger partial charge in [-0.3, -0.25) is 0 Å². The molecule has 0 radical (unpaired) electrons. The van der Waals surface area contributed by atoms with E-state index >= 15 is 0 Å². The average Bonchev–Trinajstić information content (AvgIpc) is 2.62. The van der Waals surface area contributed by atoms with Crippen molar-refractivity contribution in [2.45, 2.75) is 19.9 Å². The summed E-state index contributed by atoms with van der Waals surface area (Å²) >= 11 is 0. The highest BCUT2D eigenvalue weighted by Crippen LogP contribution is 2.35. The van der Waals surface area contributed by atoms with Crippen LogP contribution in [-0.4, -0.2) is 6.73 Å². The van der Waals surface area contributed by atoms with Gasteiger partial charge < -0.3 is 14.1 Å². The zero-order chi connectivity index (χ0) is 17.6. The number of ether oxygens (including phenoxy) is 1. The maximum absolute atomic E-state index is 13.5. The van der Waals surface area contributed by atoms with Crippen LogP contribution in [-0.2, 0) is 13.0 Å². The van der Waals surface area contributed by atoms with E-state index in [1.54, 1.807) is 4.90 Å². The Kier molecular flexibility index (Phi) is 3.67. The largest absolute Gasteiger partial charge is 0.473 e. The van der Waals surface area contributed by atoms with Crippen molar-refractivity contribution in [3.63, 3.8) is 0 Å². The van der Waals surface area contributed by atoms with Crippen molar-refractivity contribution in [3.05, 3.63) is 69.6 Å². The molecule has 0 amide bonds. The summed E-state index contributed by atoms with van der Waals surface area (Å²) in [6.45, 7) is 2.53. The van der Waals surface area contributed by atoms with Crippen LogP contribution in [0.5, 0.6) is 5.75 Å². The van der Waals surface area contributed by atoms with Crippen LogP contribution in [0.2, 0.25) is 0 Å². The normalized spacial score (nSPS) is 13.6. The van der Waals surface area contributed by atoms with Crippen LogP contribution in [0.1, 0.15) is 18.1 Å². The first kappa shape index (κ1) is 15.6. The molecule has 6 heteroatoms. The van der Waals surface area contributed by atoms with E-state index in [2.05, 4.69) is 0 Å². The molecule has 0 unspecified atom stereocenters. The Morgan fingerprint density at radius 2 is 1.96 bits per heavy atom. The molecule has 3 aromatic rings. The highest BCUT2D eigenvalue weighted by Gasteiger charge is 2.23. The molecule has 0 atom stereocenters. The van der Waals surface area contributed by atoms with E-state index in [9.17, 15) is 13.6 Å². The Bertz CT molecular complexity index is 1030. The van der Waals surface area contributed by atoms with Gasteiger partial charge in [-0.05, 0) is 36.2 Å². The summed E-state index contributed by atoms with van der Waals surface area (Å²) in [6, 6.07) is 8.92. The zero-order valence-corrected chi connectivity index (χ0v) is 13.5. The summed E-state index contributed by atoms with van der Waals surface area (Å²) in [7, 11) is 0. The number of benzene rings is 2. The SMILES string of the molecule is CCc1cc(=O)oc2c3c(ccc12)OCN(c1ccc(F)c(F)c1)C3. The Balaban J connectivity index is 1.82. The van der Waals surface area contributed by atoms with E-state index in [0.29, 0.717) is 30.0 Å². The van der Waals surface area contributed by atoms with Crippen LogP contribution in [0, 0.1) is 11.6 Å². The number of aryl methyl sites for hydroxylation is 1. The van der Waals surface area contributed by atoms with Gasteiger partial charge in [0.1, 0.15) is 11.3 Å². The lowest BCUT2D eigenvalue weighted by Crippen LogP contribution is -2.32. The predicted molar refractivity (Wildman–Crippen MR) is 89.9 cm³/mol. The number of hydrogen-bond donors (Lipinski definition) is 0. The Morgan fingerprint density at radius 3 is 2.72 bits per heavy atom. The monoisotopic (exact) mass is 343 g/mol. The summed E-state index contributed by atoms with van der Waals surface area (Å²) in [5.74, 6) is -1.19. The molecule has 0 N–H and O–H groups in total. The number of nitrogens with zero attached hydrogens (tertiary/aromatic N) is 1.